The van der Waals surface area contributed by atoms with Crippen LogP contribution in [0.15, 0.2) is 12.1 Å². The molecule has 1 fully saturated rings. The van der Waals surface area contributed by atoms with Crippen LogP contribution in [0.3, 0.4) is 0 Å². The molecule has 0 spiro atoms. The smallest absolute Gasteiger partial charge is 0.263 e. The monoisotopic (exact) mass is 260 g/mol. The van der Waals surface area contributed by atoms with Gasteiger partial charge in [0.05, 0.1) is 11.1 Å². The van der Waals surface area contributed by atoms with Crippen molar-refractivity contribution in [1.29, 1.82) is 0 Å². The molecule has 100 valence electrons. The number of rotatable bonds is 1. The highest BCUT2D eigenvalue weighted by molar-refractivity contribution is 6.24. The number of hydrogen-bond acceptors (Lipinski definition) is 4. The highest BCUT2D eigenvalue weighted by atomic mass is 16.5. The van der Waals surface area contributed by atoms with Crippen molar-refractivity contribution in [3.05, 3.63) is 28.8 Å². The van der Waals surface area contributed by atoms with E-state index in [0.29, 0.717) is 42.9 Å². The summed E-state index contributed by atoms with van der Waals surface area (Å²) in [6.45, 7) is 3.01. The average Bonchev–Trinajstić information content (AvgIpc) is 2.68. The zero-order valence-electron chi connectivity index (χ0n) is 10.8. The molecule has 19 heavy (non-hydrogen) atoms. The lowest BCUT2D eigenvalue weighted by Crippen LogP contribution is -2.43. The topological polar surface area (TPSA) is 72.6 Å². The molecule has 0 aromatic heterocycles. The SMILES string of the molecule is Cc1ccc(N)c2c1C(=O)N(C1CCOCC1)C2=O. The number of anilines is 1. The molecule has 2 aliphatic heterocycles. The second-order valence-electron chi connectivity index (χ2n) is 5.05. The molecule has 5 nitrogen and oxygen atoms in total. The molecule has 0 radical (unpaired) electrons. The van der Waals surface area contributed by atoms with Crippen molar-refractivity contribution >= 4 is 17.5 Å². The van der Waals surface area contributed by atoms with Gasteiger partial charge in [0.25, 0.3) is 11.8 Å². The summed E-state index contributed by atoms with van der Waals surface area (Å²) in [6, 6.07) is 3.40. The van der Waals surface area contributed by atoms with E-state index >= 15 is 0 Å². The molecular weight excluding hydrogens is 244 g/mol. The molecule has 1 aromatic carbocycles. The Morgan fingerprint density at radius 2 is 1.79 bits per heavy atom. The van der Waals surface area contributed by atoms with Gasteiger partial charge in [0.15, 0.2) is 0 Å². The highest BCUT2D eigenvalue weighted by Gasteiger charge is 2.42. The van der Waals surface area contributed by atoms with E-state index in [2.05, 4.69) is 0 Å². The van der Waals surface area contributed by atoms with E-state index in [9.17, 15) is 9.59 Å². The number of hydrogen-bond donors (Lipinski definition) is 1. The molecule has 0 saturated carbocycles. The minimum atomic E-state index is -0.256. The minimum Gasteiger partial charge on any atom is -0.398 e. The van der Waals surface area contributed by atoms with Gasteiger partial charge < -0.3 is 10.5 Å². The van der Waals surface area contributed by atoms with Gasteiger partial charge in [-0.1, -0.05) is 6.07 Å². The van der Waals surface area contributed by atoms with Gasteiger partial charge in [0.2, 0.25) is 0 Å². The molecule has 0 aliphatic carbocycles. The minimum absolute atomic E-state index is 0.0695. The van der Waals surface area contributed by atoms with Crippen molar-refractivity contribution in [2.24, 2.45) is 0 Å². The molecule has 0 bridgehead atoms. The van der Waals surface area contributed by atoms with E-state index in [1.54, 1.807) is 12.1 Å². The number of nitrogens with two attached hydrogens (primary N) is 1. The zero-order chi connectivity index (χ0) is 13.6. The van der Waals surface area contributed by atoms with Crippen LogP contribution in [-0.4, -0.2) is 36.0 Å². The van der Waals surface area contributed by atoms with Crippen molar-refractivity contribution in [2.75, 3.05) is 18.9 Å². The standard InChI is InChI=1S/C14H16N2O3/c1-8-2-3-10(15)12-11(8)13(17)16(14(12)18)9-4-6-19-7-5-9/h2-3,9H,4-7,15H2,1H3. The third kappa shape index (κ3) is 1.73. The lowest BCUT2D eigenvalue weighted by atomic mass is 10.0. The number of aryl methyl sites for hydroxylation is 1. The van der Waals surface area contributed by atoms with Gasteiger partial charge in [-0.3, -0.25) is 14.5 Å². The summed E-state index contributed by atoms with van der Waals surface area (Å²) in [5, 5.41) is 0. The first kappa shape index (κ1) is 12.2. The fourth-order valence-corrected chi connectivity index (χ4v) is 2.84. The van der Waals surface area contributed by atoms with Gasteiger partial charge in [-0.2, -0.15) is 0 Å². The molecule has 3 rings (SSSR count). The summed E-state index contributed by atoms with van der Waals surface area (Å²) in [6.07, 6.45) is 1.40. The van der Waals surface area contributed by atoms with Crippen LogP contribution in [0.5, 0.6) is 0 Å². The lowest BCUT2D eigenvalue weighted by Gasteiger charge is -2.29. The number of nitrogens with zero attached hydrogens (tertiary/aromatic N) is 1. The van der Waals surface area contributed by atoms with Crippen molar-refractivity contribution in [2.45, 2.75) is 25.8 Å². The number of fused-ring (bicyclic) bond motifs is 1. The number of imide groups is 1. The Bertz CT molecular complexity index is 521. The third-order valence-corrected chi connectivity index (χ3v) is 3.87. The first-order valence-electron chi connectivity index (χ1n) is 6.46. The van der Waals surface area contributed by atoms with Crippen molar-refractivity contribution in [3.63, 3.8) is 0 Å². The van der Waals surface area contributed by atoms with Crippen molar-refractivity contribution in [3.8, 4) is 0 Å². The molecular formula is C14H16N2O3. The lowest BCUT2D eigenvalue weighted by molar-refractivity contribution is 0.0295. The fourth-order valence-electron chi connectivity index (χ4n) is 2.84. The largest absolute Gasteiger partial charge is 0.398 e. The summed E-state index contributed by atoms with van der Waals surface area (Å²) in [5.41, 5.74) is 7.89. The first-order chi connectivity index (χ1) is 9.11. The van der Waals surface area contributed by atoms with Crippen LogP contribution < -0.4 is 5.73 Å². The maximum absolute atomic E-state index is 12.5. The van der Waals surface area contributed by atoms with E-state index in [-0.39, 0.29) is 17.9 Å². The van der Waals surface area contributed by atoms with Crippen molar-refractivity contribution in [1.82, 2.24) is 4.90 Å². The Kier molecular flexibility index (Phi) is 2.78. The van der Waals surface area contributed by atoms with E-state index < -0.39 is 0 Å². The molecule has 1 aromatic rings. The fraction of sp³-hybridized carbons (Fsp3) is 0.429. The number of carbonyl (C=O) groups excluding carboxylic acids is 2. The number of carbonyl (C=O) groups is 2. The summed E-state index contributed by atoms with van der Waals surface area (Å²) in [5.74, 6) is -0.468. The molecule has 2 N–H and O–H groups in total. The Labute approximate surface area is 111 Å². The average molecular weight is 260 g/mol. The number of ether oxygens (including phenoxy) is 1. The van der Waals surface area contributed by atoms with E-state index in [0.717, 1.165) is 5.56 Å². The zero-order valence-corrected chi connectivity index (χ0v) is 10.8. The molecule has 0 atom stereocenters. The van der Waals surface area contributed by atoms with Gasteiger partial charge in [-0.05, 0) is 31.4 Å². The predicted octanol–water partition coefficient (Wildman–Crippen LogP) is 1.35. The van der Waals surface area contributed by atoms with Gasteiger partial charge in [0, 0.05) is 24.9 Å². The van der Waals surface area contributed by atoms with E-state index in [4.69, 9.17) is 10.5 Å². The Morgan fingerprint density at radius 3 is 2.42 bits per heavy atom. The van der Waals surface area contributed by atoms with Crippen LogP contribution in [0.2, 0.25) is 0 Å². The number of nitrogen functional groups attached to an aromatic ring is 1. The highest BCUT2D eigenvalue weighted by Crippen LogP contribution is 2.33. The van der Waals surface area contributed by atoms with Gasteiger partial charge in [-0.25, -0.2) is 0 Å². The van der Waals surface area contributed by atoms with Gasteiger partial charge >= 0.3 is 0 Å². The van der Waals surface area contributed by atoms with E-state index in [1.165, 1.54) is 4.90 Å². The summed E-state index contributed by atoms with van der Waals surface area (Å²) < 4.78 is 5.28. The number of benzene rings is 1. The molecule has 1 saturated heterocycles. The number of amides is 2. The maximum atomic E-state index is 12.5. The predicted molar refractivity (Wildman–Crippen MR) is 69.9 cm³/mol. The summed E-state index contributed by atoms with van der Waals surface area (Å²) >= 11 is 0. The van der Waals surface area contributed by atoms with Gasteiger partial charge in [0.1, 0.15) is 0 Å². The first-order valence-corrected chi connectivity index (χ1v) is 6.46. The normalized spacial score (nSPS) is 19.9. The van der Waals surface area contributed by atoms with E-state index in [1.807, 2.05) is 6.92 Å². The third-order valence-electron chi connectivity index (χ3n) is 3.87. The van der Waals surface area contributed by atoms with Crippen LogP contribution in [0, 0.1) is 6.92 Å². The molecule has 2 heterocycles. The Hall–Kier alpha value is -1.88. The Morgan fingerprint density at radius 1 is 1.16 bits per heavy atom. The summed E-state index contributed by atoms with van der Waals surface area (Å²) in [7, 11) is 0. The maximum Gasteiger partial charge on any atom is 0.263 e. The quantitative estimate of drug-likeness (QED) is 0.611. The van der Waals surface area contributed by atoms with Crippen LogP contribution in [-0.2, 0) is 4.74 Å². The Balaban J connectivity index is 2.04. The van der Waals surface area contributed by atoms with Crippen LogP contribution in [0.4, 0.5) is 5.69 Å². The second kappa shape index (κ2) is 4.35. The molecule has 5 heteroatoms. The van der Waals surface area contributed by atoms with Crippen molar-refractivity contribution < 1.29 is 14.3 Å². The van der Waals surface area contributed by atoms with Crippen LogP contribution >= 0.6 is 0 Å². The van der Waals surface area contributed by atoms with Gasteiger partial charge in [-0.15, -0.1) is 0 Å². The summed E-state index contributed by atoms with van der Waals surface area (Å²) in [4.78, 5) is 26.3. The molecule has 2 aliphatic rings. The molecule has 0 unspecified atom stereocenters. The molecule has 2 amide bonds. The second-order valence-corrected chi connectivity index (χ2v) is 5.05. The van der Waals surface area contributed by atoms with Crippen LogP contribution in [0.1, 0.15) is 39.1 Å². The van der Waals surface area contributed by atoms with Crippen LogP contribution in [0.25, 0.3) is 0 Å².